The minimum atomic E-state index is -0.256. The van der Waals surface area contributed by atoms with Crippen LogP contribution < -0.4 is 15.4 Å². The number of nitrogens with one attached hydrogen (secondary N) is 2. The molecule has 0 fully saturated rings. The van der Waals surface area contributed by atoms with Gasteiger partial charge < -0.3 is 24.7 Å². The molecule has 0 aliphatic carbocycles. The first-order chi connectivity index (χ1) is 13.9. The smallest absolute Gasteiger partial charge is 0.192 e. The summed E-state index contributed by atoms with van der Waals surface area (Å²) in [5.74, 6) is 3.37. The summed E-state index contributed by atoms with van der Waals surface area (Å²) in [5, 5.41) is 15.3. The number of aryl methyl sites for hydroxylation is 1. The van der Waals surface area contributed by atoms with E-state index in [-0.39, 0.29) is 35.6 Å². The number of aliphatic imine (C=N–C) groups is 1. The van der Waals surface area contributed by atoms with E-state index in [4.69, 9.17) is 14.5 Å². The number of hydrogen-bond donors (Lipinski definition) is 2. The van der Waals surface area contributed by atoms with E-state index in [0.717, 1.165) is 48.3 Å². The minimum Gasteiger partial charge on any atom is -0.487 e. The van der Waals surface area contributed by atoms with Crippen molar-refractivity contribution in [1.82, 2.24) is 25.4 Å². The lowest BCUT2D eigenvalue weighted by Crippen LogP contribution is -2.45. The van der Waals surface area contributed by atoms with Crippen LogP contribution in [0.4, 0.5) is 0 Å². The Kier molecular flexibility index (Phi) is 8.90. The number of rotatable bonds is 7. The predicted octanol–water partition coefficient (Wildman–Crippen LogP) is 3.12. The summed E-state index contributed by atoms with van der Waals surface area (Å²) in [6, 6.07) is 8.28. The number of benzene rings is 1. The van der Waals surface area contributed by atoms with Crippen molar-refractivity contribution in [3.63, 3.8) is 0 Å². The number of methoxy groups -OCH3 is 1. The molecule has 9 heteroatoms. The van der Waals surface area contributed by atoms with E-state index in [2.05, 4.69) is 40.7 Å². The number of aromatic nitrogens is 3. The molecule has 3 rings (SSSR count). The lowest BCUT2D eigenvalue weighted by atomic mass is 9.90. The van der Waals surface area contributed by atoms with Crippen molar-refractivity contribution in [3.8, 4) is 5.75 Å². The van der Waals surface area contributed by atoms with Crippen LogP contribution in [0, 0.1) is 6.92 Å². The van der Waals surface area contributed by atoms with E-state index in [1.807, 2.05) is 36.7 Å². The lowest BCUT2D eigenvalue weighted by Gasteiger charge is -2.38. The molecule has 1 aliphatic heterocycles. The third-order valence-electron chi connectivity index (χ3n) is 5.07. The van der Waals surface area contributed by atoms with E-state index in [1.165, 1.54) is 0 Å². The summed E-state index contributed by atoms with van der Waals surface area (Å²) >= 11 is 0. The molecule has 2 N–H and O–H groups in total. The van der Waals surface area contributed by atoms with Gasteiger partial charge in [0.1, 0.15) is 23.7 Å². The topological polar surface area (TPSA) is 85.6 Å². The number of halogens is 1. The molecular formula is C21H33IN6O2. The van der Waals surface area contributed by atoms with Crippen LogP contribution in [0.2, 0.25) is 0 Å². The zero-order chi connectivity index (χ0) is 20.9. The fourth-order valence-electron chi connectivity index (χ4n) is 3.41. The summed E-state index contributed by atoms with van der Waals surface area (Å²) in [6.07, 6.45) is 1.74. The first kappa shape index (κ1) is 24.4. The Morgan fingerprint density at radius 1 is 1.33 bits per heavy atom. The summed E-state index contributed by atoms with van der Waals surface area (Å²) in [6.45, 7) is 8.09. The third-order valence-corrected chi connectivity index (χ3v) is 5.07. The van der Waals surface area contributed by atoms with Gasteiger partial charge in [0.2, 0.25) is 0 Å². The second kappa shape index (κ2) is 10.9. The summed E-state index contributed by atoms with van der Waals surface area (Å²) in [7, 11) is 3.67. The molecule has 0 spiro atoms. The average molecular weight is 528 g/mol. The Labute approximate surface area is 195 Å². The maximum atomic E-state index is 6.15. The fraction of sp³-hybridized carbons (Fsp3) is 0.571. The van der Waals surface area contributed by atoms with Gasteiger partial charge in [-0.1, -0.05) is 18.2 Å². The molecule has 1 aliphatic rings. The normalized spacial score (nSPS) is 17.5. The number of para-hydroxylation sites is 1. The molecule has 8 nitrogen and oxygen atoms in total. The van der Waals surface area contributed by atoms with Gasteiger partial charge in [0.15, 0.2) is 11.8 Å². The monoisotopic (exact) mass is 528 g/mol. The molecule has 2 heterocycles. The quantitative estimate of drug-likeness (QED) is 0.249. The first-order valence-corrected chi connectivity index (χ1v) is 10.1. The van der Waals surface area contributed by atoms with Crippen LogP contribution >= 0.6 is 24.0 Å². The van der Waals surface area contributed by atoms with Crippen LogP contribution in [0.5, 0.6) is 5.75 Å². The molecule has 1 unspecified atom stereocenters. The molecule has 0 radical (unpaired) electrons. The average Bonchev–Trinajstić information content (AvgIpc) is 3.00. The molecule has 0 bridgehead atoms. The second-order valence-electron chi connectivity index (χ2n) is 7.96. The van der Waals surface area contributed by atoms with Crippen LogP contribution in [0.1, 0.15) is 49.9 Å². The van der Waals surface area contributed by atoms with Crippen molar-refractivity contribution in [1.29, 1.82) is 0 Å². The highest BCUT2D eigenvalue weighted by Crippen LogP contribution is 2.39. The highest BCUT2D eigenvalue weighted by molar-refractivity contribution is 14.0. The molecule has 1 aromatic heterocycles. The van der Waals surface area contributed by atoms with E-state index in [9.17, 15) is 0 Å². The van der Waals surface area contributed by atoms with Crippen LogP contribution in [-0.2, 0) is 18.3 Å². The SMILES string of the molecule is COCCCNC(=NCc1nnc(C)n1C)NC1CC(C)(C)Oc2ccccc21.I. The van der Waals surface area contributed by atoms with Crippen molar-refractivity contribution in [2.75, 3.05) is 20.3 Å². The van der Waals surface area contributed by atoms with E-state index in [0.29, 0.717) is 13.2 Å². The van der Waals surface area contributed by atoms with Gasteiger partial charge >= 0.3 is 0 Å². The Balaban J connectivity index is 0.00000320. The summed E-state index contributed by atoms with van der Waals surface area (Å²) in [4.78, 5) is 4.77. The van der Waals surface area contributed by atoms with Crippen molar-refractivity contribution in [2.45, 2.75) is 51.8 Å². The predicted molar refractivity (Wildman–Crippen MR) is 128 cm³/mol. The first-order valence-electron chi connectivity index (χ1n) is 10.1. The van der Waals surface area contributed by atoms with Crippen LogP contribution in [0.3, 0.4) is 0 Å². The van der Waals surface area contributed by atoms with Crippen molar-refractivity contribution in [2.24, 2.45) is 12.0 Å². The van der Waals surface area contributed by atoms with Crippen molar-refractivity contribution >= 4 is 29.9 Å². The Bertz CT molecular complexity index is 852. The zero-order valence-corrected chi connectivity index (χ0v) is 20.8. The summed E-state index contributed by atoms with van der Waals surface area (Å²) < 4.78 is 13.3. The highest BCUT2D eigenvalue weighted by Gasteiger charge is 2.34. The van der Waals surface area contributed by atoms with Crippen LogP contribution in [-0.4, -0.2) is 46.6 Å². The third kappa shape index (κ3) is 6.31. The minimum absolute atomic E-state index is 0. The Morgan fingerprint density at radius 3 is 2.80 bits per heavy atom. The molecule has 166 valence electrons. The summed E-state index contributed by atoms with van der Waals surface area (Å²) in [5.41, 5.74) is 0.890. The molecule has 2 aromatic rings. The maximum absolute atomic E-state index is 6.15. The van der Waals surface area contributed by atoms with Crippen molar-refractivity contribution < 1.29 is 9.47 Å². The van der Waals surface area contributed by atoms with Gasteiger partial charge in [-0.15, -0.1) is 34.2 Å². The van der Waals surface area contributed by atoms with Crippen LogP contribution in [0.15, 0.2) is 29.3 Å². The largest absolute Gasteiger partial charge is 0.487 e. The van der Waals surface area contributed by atoms with E-state index < -0.39 is 0 Å². The lowest BCUT2D eigenvalue weighted by molar-refractivity contribution is 0.0694. The molecule has 0 saturated carbocycles. The second-order valence-corrected chi connectivity index (χ2v) is 7.96. The molecule has 0 saturated heterocycles. The zero-order valence-electron chi connectivity index (χ0n) is 18.4. The molecular weight excluding hydrogens is 495 g/mol. The van der Waals surface area contributed by atoms with E-state index in [1.54, 1.807) is 7.11 Å². The molecule has 1 aromatic carbocycles. The molecule has 1 atom stereocenters. The van der Waals surface area contributed by atoms with Gasteiger partial charge in [-0.3, -0.25) is 0 Å². The maximum Gasteiger partial charge on any atom is 0.192 e. The number of nitrogens with zero attached hydrogens (tertiary/aromatic N) is 4. The van der Waals surface area contributed by atoms with Gasteiger partial charge in [0, 0.05) is 39.3 Å². The van der Waals surface area contributed by atoms with Gasteiger partial charge in [-0.25, -0.2) is 4.99 Å². The number of fused-ring (bicyclic) bond motifs is 1. The number of hydrogen-bond acceptors (Lipinski definition) is 5. The van der Waals surface area contributed by atoms with Crippen molar-refractivity contribution in [3.05, 3.63) is 41.5 Å². The van der Waals surface area contributed by atoms with Gasteiger partial charge in [0.05, 0.1) is 6.04 Å². The van der Waals surface area contributed by atoms with Gasteiger partial charge in [-0.05, 0) is 33.3 Å². The molecule has 30 heavy (non-hydrogen) atoms. The Hall–Kier alpha value is -1.88. The van der Waals surface area contributed by atoms with Crippen LogP contribution in [0.25, 0.3) is 0 Å². The fourth-order valence-corrected chi connectivity index (χ4v) is 3.41. The highest BCUT2D eigenvalue weighted by atomic mass is 127. The molecule has 0 amide bonds. The Morgan fingerprint density at radius 2 is 2.10 bits per heavy atom. The van der Waals surface area contributed by atoms with Gasteiger partial charge in [-0.2, -0.15) is 0 Å². The number of guanidine groups is 1. The standard InChI is InChI=1S/C21H32N6O2.HI/c1-15-25-26-19(27(15)4)14-23-20(22-11-8-12-28-5)24-17-13-21(2,3)29-18-10-7-6-9-16(17)18;/h6-7,9-10,17H,8,11-14H2,1-5H3,(H2,22,23,24);1H. The van der Waals surface area contributed by atoms with Gasteiger partial charge in [0.25, 0.3) is 0 Å². The number of ether oxygens (including phenoxy) is 2. The van der Waals surface area contributed by atoms with E-state index >= 15 is 0 Å².